The second-order valence-corrected chi connectivity index (χ2v) is 11.9. The lowest BCUT2D eigenvalue weighted by molar-refractivity contribution is 0.0929. The van der Waals surface area contributed by atoms with Crippen molar-refractivity contribution in [3.8, 4) is 17.1 Å². The van der Waals surface area contributed by atoms with Gasteiger partial charge < -0.3 is 10.1 Å². The second kappa shape index (κ2) is 7.91. The third-order valence-corrected chi connectivity index (χ3v) is 8.54. The second-order valence-electron chi connectivity index (χ2n) is 9.24. The van der Waals surface area contributed by atoms with E-state index in [1.807, 2.05) is 0 Å². The van der Waals surface area contributed by atoms with Gasteiger partial charge >= 0.3 is 0 Å². The molecule has 0 saturated heterocycles. The van der Waals surface area contributed by atoms with E-state index in [0.29, 0.717) is 35.2 Å². The van der Waals surface area contributed by atoms with Crippen LogP contribution in [0.25, 0.3) is 17.0 Å². The summed E-state index contributed by atoms with van der Waals surface area (Å²) < 4.78 is 33.9. The Hall–Kier alpha value is -2.88. The van der Waals surface area contributed by atoms with E-state index in [1.54, 1.807) is 50.5 Å². The predicted molar refractivity (Wildman–Crippen MR) is 121 cm³/mol. The van der Waals surface area contributed by atoms with Gasteiger partial charge in [0.2, 0.25) is 0 Å². The number of amides is 1. The fourth-order valence-electron chi connectivity index (χ4n) is 3.70. The number of fused-ring (bicyclic) bond motifs is 1. The number of carbonyl (C=O) groups is 1. The molecule has 0 spiro atoms. The van der Waals surface area contributed by atoms with Crippen LogP contribution in [0.3, 0.4) is 0 Å². The van der Waals surface area contributed by atoms with E-state index in [1.165, 1.54) is 24.4 Å². The van der Waals surface area contributed by atoms with E-state index in [-0.39, 0.29) is 16.6 Å². The van der Waals surface area contributed by atoms with E-state index < -0.39 is 14.6 Å². The van der Waals surface area contributed by atoms with Gasteiger partial charge in [0, 0.05) is 25.9 Å². The molecule has 1 saturated carbocycles. The Morgan fingerprint density at radius 3 is 2.59 bits per heavy atom. The van der Waals surface area contributed by atoms with E-state index in [9.17, 15) is 13.2 Å². The summed E-state index contributed by atoms with van der Waals surface area (Å²) in [6.45, 7) is 5.61. The molecule has 3 aromatic heterocycles. The summed E-state index contributed by atoms with van der Waals surface area (Å²) in [5.74, 6) is 0.620. The SMILES string of the molecule is COc1cc2ncc(-c3cc(C(=O)NCC4CCC4)n(C)n3)n2cc1S(=O)(=O)C(C)(C)C. The number of carbonyl (C=O) groups excluding carboxylic acids is 1. The molecule has 32 heavy (non-hydrogen) atoms. The Kier molecular flexibility index (Phi) is 5.52. The van der Waals surface area contributed by atoms with Crippen molar-refractivity contribution in [3.05, 3.63) is 30.2 Å². The Bertz CT molecular complexity index is 1280. The molecule has 0 radical (unpaired) electrons. The van der Waals surface area contributed by atoms with Gasteiger partial charge in [-0.15, -0.1) is 0 Å². The van der Waals surface area contributed by atoms with Crippen molar-refractivity contribution in [1.82, 2.24) is 24.5 Å². The smallest absolute Gasteiger partial charge is 0.269 e. The van der Waals surface area contributed by atoms with Gasteiger partial charge in [-0.25, -0.2) is 13.4 Å². The van der Waals surface area contributed by atoms with Crippen LogP contribution >= 0.6 is 0 Å². The van der Waals surface area contributed by atoms with Gasteiger partial charge in [0.25, 0.3) is 5.91 Å². The Balaban J connectivity index is 1.74. The first kappa shape index (κ1) is 22.3. The maximum absolute atomic E-state index is 13.2. The van der Waals surface area contributed by atoms with Crippen LogP contribution in [0.4, 0.5) is 0 Å². The molecule has 0 aliphatic heterocycles. The molecule has 3 aromatic rings. The molecule has 3 heterocycles. The third-order valence-electron chi connectivity index (χ3n) is 6.04. The largest absolute Gasteiger partial charge is 0.495 e. The summed E-state index contributed by atoms with van der Waals surface area (Å²) in [7, 11) is -0.533. The van der Waals surface area contributed by atoms with Crippen LogP contribution in [0.2, 0.25) is 0 Å². The highest BCUT2D eigenvalue weighted by Gasteiger charge is 2.34. The molecule has 0 unspecified atom stereocenters. The number of aryl methyl sites for hydroxylation is 1. The molecule has 0 atom stereocenters. The molecule has 1 fully saturated rings. The average Bonchev–Trinajstić information content (AvgIpc) is 3.27. The number of ether oxygens (including phenoxy) is 1. The molecule has 1 amide bonds. The van der Waals surface area contributed by atoms with Crippen molar-refractivity contribution >= 4 is 21.4 Å². The highest BCUT2D eigenvalue weighted by atomic mass is 32.2. The lowest BCUT2D eigenvalue weighted by atomic mass is 9.85. The van der Waals surface area contributed by atoms with Gasteiger partial charge in [0.1, 0.15) is 27.7 Å². The zero-order valence-electron chi connectivity index (χ0n) is 19.0. The minimum Gasteiger partial charge on any atom is -0.495 e. The van der Waals surface area contributed by atoms with Crippen molar-refractivity contribution in [3.63, 3.8) is 0 Å². The fourth-order valence-corrected chi connectivity index (χ4v) is 5.01. The van der Waals surface area contributed by atoms with Crippen LogP contribution < -0.4 is 10.1 Å². The molecule has 1 aliphatic carbocycles. The number of hydrogen-bond acceptors (Lipinski definition) is 6. The van der Waals surface area contributed by atoms with Gasteiger partial charge in [-0.2, -0.15) is 5.10 Å². The Morgan fingerprint density at radius 1 is 1.28 bits per heavy atom. The van der Waals surface area contributed by atoms with Gasteiger partial charge in [-0.05, 0) is 45.6 Å². The molecule has 0 aromatic carbocycles. The molecule has 1 N–H and O–H groups in total. The van der Waals surface area contributed by atoms with Crippen molar-refractivity contribution in [2.75, 3.05) is 13.7 Å². The van der Waals surface area contributed by atoms with Crippen LogP contribution in [0, 0.1) is 5.92 Å². The summed E-state index contributed by atoms with van der Waals surface area (Å²) in [5.41, 5.74) is 2.07. The minimum atomic E-state index is -3.68. The molecule has 9 nitrogen and oxygen atoms in total. The van der Waals surface area contributed by atoms with Crippen LogP contribution in [-0.2, 0) is 16.9 Å². The quantitative estimate of drug-likeness (QED) is 0.607. The monoisotopic (exact) mass is 459 g/mol. The van der Waals surface area contributed by atoms with Crippen LogP contribution in [-0.4, -0.2) is 51.9 Å². The van der Waals surface area contributed by atoms with Gasteiger partial charge in [0.15, 0.2) is 9.84 Å². The molecular formula is C22H29N5O4S. The maximum Gasteiger partial charge on any atom is 0.269 e. The average molecular weight is 460 g/mol. The van der Waals surface area contributed by atoms with E-state index >= 15 is 0 Å². The zero-order chi connectivity index (χ0) is 23.3. The highest BCUT2D eigenvalue weighted by molar-refractivity contribution is 7.92. The van der Waals surface area contributed by atoms with E-state index in [4.69, 9.17) is 4.74 Å². The zero-order valence-corrected chi connectivity index (χ0v) is 19.9. The Morgan fingerprint density at radius 2 is 2.00 bits per heavy atom. The number of aromatic nitrogens is 4. The van der Waals surface area contributed by atoms with Crippen molar-refractivity contribution in [2.45, 2.75) is 49.7 Å². The van der Waals surface area contributed by atoms with Crippen molar-refractivity contribution < 1.29 is 17.9 Å². The normalized spacial score (nSPS) is 15.0. The summed E-state index contributed by atoms with van der Waals surface area (Å²) >= 11 is 0. The number of rotatable bonds is 6. The molecule has 10 heteroatoms. The maximum atomic E-state index is 13.2. The Labute approximate surface area is 187 Å². The lowest BCUT2D eigenvalue weighted by Gasteiger charge is -2.25. The van der Waals surface area contributed by atoms with Crippen LogP contribution in [0.1, 0.15) is 50.5 Å². The summed E-state index contributed by atoms with van der Waals surface area (Å²) in [6.07, 6.45) is 6.66. The first-order chi connectivity index (χ1) is 15.0. The first-order valence-corrected chi connectivity index (χ1v) is 12.1. The standard InChI is InChI=1S/C22H29N5O4S/c1-22(2,3)32(29,30)19-13-27-17(12-23-20(27)10-18(19)31-5)15-9-16(26(4)25-15)21(28)24-11-14-7-6-8-14/h9-10,12-14H,6-8,11H2,1-5H3,(H,24,28). The first-order valence-electron chi connectivity index (χ1n) is 10.7. The van der Waals surface area contributed by atoms with Crippen LogP contribution in [0.5, 0.6) is 5.75 Å². The van der Waals surface area contributed by atoms with E-state index in [0.717, 1.165) is 12.8 Å². The van der Waals surface area contributed by atoms with Gasteiger partial charge in [-0.1, -0.05) is 6.42 Å². The molecule has 0 bridgehead atoms. The number of nitrogens with zero attached hydrogens (tertiary/aromatic N) is 4. The lowest BCUT2D eigenvalue weighted by Crippen LogP contribution is -2.33. The number of pyridine rings is 1. The number of nitrogens with one attached hydrogen (secondary N) is 1. The highest BCUT2D eigenvalue weighted by Crippen LogP contribution is 2.34. The summed E-state index contributed by atoms with van der Waals surface area (Å²) in [5, 5.41) is 7.46. The number of sulfone groups is 1. The predicted octanol–water partition coefficient (Wildman–Crippen LogP) is 2.85. The van der Waals surface area contributed by atoms with Crippen LogP contribution in [0.15, 0.2) is 29.4 Å². The fraction of sp³-hybridized carbons (Fsp3) is 0.500. The van der Waals surface area contributed by atoms with Gasteiger partial charge in [0.05, 0.1) is 23.7 Å². The summed E-state index contributed by atoms with van der Waals surface area (Å²) in [4.78, 5) is 17.1. The minimum absolute atomic E-state index is 0.0775. The molecule has 1 aliphatic rings. The van der Waals surface area contributed by atoms with Crippen molar-refractivity contribution in [2.24, 2.45) is 13.0 Å². The summed E-state index contributed by atoms with van der Waals surface area (Å²) in [6, 6.07) is 3.29. The molecule has 4 rings (SSSR count). The number of hydrogen-bond donors (Lipinski definition) is 1. The topological polar surface area (TPSA) is 108 Å². The third kappa shape index (κ3) is 3.76. The van der Waals surface area contributed by atoms with Gasteiger partial charge in [-0.3, -0.25) is 13.9 Å². The van der Waals surface area contributed by atoms with E-state index in [2.05, 4.69) is 15.4 Å². The number of imidazole rings is 1. The molecule has 172 valence electrons. The van der Waals surface area contributed by atoms with Crippen molar-refractivity contribution in [1.29, 1.82) is 0 Å². The molecular weight excluding hydrogens is 430 g/mol. The number of methoxy groups -OCH3 is 1.